The Morgan fingerprint density at radius 3 is 2.73 bits per heavy atom. The van der Waals surface area contributed by atoms with Crippen LogP contribution >= 0.6 is 0 Å². The first-order valence-electron chi connectivity index (χ1n) is 9.71. The summed E-state index contributed by atoms with van der Waals surface area (Å²) in [6, 6.07) is 0. The fourth-order valence-corrected chi connectivity index (χ4v) is 6.58. The highest BCUT2D eigenvalue weighted by molar-refractivity contribution is 5.57. The summed E-state index contributed by atoms with van der Waals surface area (Å²) < 4.78 is 0. The van der Waals surface area contributed by atoms with E-state index in [0.29, 0.717) is 17.9 Å². The molecular formula is C20H35NO. The lowest BCUT2D eigenvalue weighted by Crippen LogP contribution is -2.51. The molecule has 2 N–H and O–H groups in total. The van der Waals surface area contributed by atoms with Crippen molar-refractivity contribution in [1.82, 2.24) is 0 Å². The van der Waals surface area contributed by atoms with Gasteiger partial charge in [0, 0.05) is 6.61 Å². The number of hydrogen-bond donors (Lipinski definition) is 2. The number of nitrogens with one attached hydrogen (secondary N) is 1. The zero-order valence-corrected chi connectivity index (χ0v) is 14.6. The van der Waals surface area contributed by atoms with Crippen molar-refractivity contribution < 1.29 is 5.11 Å². The Morgan fingerprint density at radius 1 is 1.18 bits per heavy atom. The Morgan fingerprint density at radius 2 is 2.00 bits per heavy atom. The fourth-order valence-electron chi connectivity index (χ4n) is 6.58. The van der Waals surface area contributed by atoms with Crippen LogP contribution in [-0.2, 0) is 0 Å². The molecule has 3 aliphatic carbocycles. The molecule has 3 rings (SSSR count). The number of aliphatic hydroxyl groups is 1. The van der Waals surface area contributed by atoms with Gasteiger partial charge in [-0.1, -0.05) is 20.3 Å². The second kappa shape index (κ2) is 6.63. The van der Waals surface area contributed by atoms with E-state index in [4.69, 9.17) is 5.41 Å². The van der Waals surface area contributed by atoms with Gasteiger partial charge in [0.05, 0.1) is 0 Å². The standard InChI is InChI=1S/C20H35NO/c1-14-5-8-19-18(17(14)4-3-11-22)7-6-16-12-15(13-21)9-10-20(16,19)2/h13-19,21-22H,3-12H2,1-2H3/t14-,15+,16?,17?,18?,19?,20+/m1/s1. The van der Waals surface area contributed by atoms with Crippen molar-refractivity contribution in [2.45, 2.75) is 71.6 Å². The van der Waals surface area contributed by atoms with Gasteiger partial charge >= 0.3 is 0 Å². The maximum Gasteiger partial charge on any atom is 0.0431 e. The van der Waals surface area contributed by atoms with Crippen LogP contribution < -0.4 is 0 Å². The van der Waals surface area contributed by atoms with Crippen molar-refractivity contribution in [2.75, 3.05) is 6.61 Å². The SMILES string of the molecule is C[C@@H]1CCC2C(CCC3C[C@@H](C=N)CC[C@@]32C)C1CCCO. The Balaban J connectivity index is 1.77. The summed E-state index contributed by atoms with van der Waals surface area (Å²) >= 11 is 0. The number of fused-ring (bicyclic) bond motifs is 3. The molecule has 2 heteroatoms. The van der Waals surface area contributed by atoms with Crippen molar-refractivity contribution >= 4 is 6.21 Å². The van der Waals surface area contributed by atoms with E-state index in [1.165, 1.54) is 51.4 Å². The van der Waals surface area contributed by atoms with Crippen molar-refractivity contribution in [3.05, 3.63) is 0 Å². The Hall–Kier alpha value is -0.370. The average molecular weight is 306 g/mol. The molecule has 0 aromatic heterocycles. The molecule has 0 aromatic carbocycles. The maximum atomic E-state index is 9.25. The van der Waals surface area contributed by atoms with Gasteiger partial charge in [-0.2, -0.15) is 0 Å². The van der Waals surface area contributed by atoms with Crippen LogP contribution in [0.25, 0.3) is 0 Å². The topological polar surface area (TPSA) is 44.1 Å². The first-order chi connectivity index (χ1) is 10.6. The van der Waals surface area contributed by atoms with Crippen LogP contribution in [0.2, 0.25) is 0 Å². The van der Waals surface area contributed by atoms with E-state index in [2.05, 4.69) is 13.8 Å². The highest BCUT2D eigenvalue weighted by atomic mass is 16.2. The largest absolute Gasteiger partial charge is 0.396 e. The summed E-state index contributed by atoms with van der Waals surface area (Å²) in [5.41, 5.74) is 0.542. The molecular weight excluding hydrogens is 270 g/mol. The minimum absolute atomic E-state index is 0.363. The molecule has 0 saturated heterocycles. The zero-order valence-electron chi connectivity index (χ0n) is 14.6. The maximum absolute atomic E-state index is 9.25. The summed E-state index contributed by atoms with van der Waals surface area (Å²) in [4.78, 5) is 0. The van der Waals surface area contributed by atoms with Gasteiger partial charge in [-0.15, -0.1) is 0 Å². The average Bonchev–Trinajstić information content (AvgIpc) is 2.53. The molecule has 7 atom stereocenters. The van der Waals surface area contributed by atoms with Gasteiger partial charge in [0.15, 0.2) is 0 Å². The van der Waals surface area contributed by atoms with Crippen molar-refractivity contribution in [2.24, 2.45) is 40.9 Å². The quantitative estimate of drug-likeness (QED) is 0.713. The van der Waals surface area contributed by atoms with Crippen molar-refractivity contribution in [1.29, 1.82) is 5.41 Å². The molecule has 3 aliphatic rings. The second-order valence-corrected chi connectivity index (χ2v) is 8.84. The Labute approximate surface area is 136 Å². The van der Waals surface area contributed by atoms with Gasteiger partial charge in [0.1, 0.15) is 0 Å². The summed E-state index contributed by atoms with van der Waals surface area (Å²) in [5.74, 6) is 4.95. The molecule has 0 heterocycles. The van der Waals surface area contributed by atoms with E-state index in [-0.39, 0.29) is 0 Å². The van der Waals surface area contributed by atoms with Crippen LogP contribution in [0.15, 0.2) is 0 Å². The van der Waals surface area contributed by atoms with Crippen LogP contribution in [0, 0.1) is 46.3 Å². The van der Waals surface area contributed by atoms with Crippen LogP contribution in [0.5, 0.6) is 0 Å². The van der Waals surface area contributed by atoms with E-state index in [0.717, 1.165) is 36.0 Å². The molecule has 0 amide bonds. The molecule has 0 aromatic rings. The molecule has 2 nitrogen and oxygen atoms in total. The molecule has 0 spiro atoms. The first-order valence-corrected chi connectivity index (χ1v) is 9.71. The minimum Gasteiger partial charge on any atom is -0.396 e. The monoisotopic (exact) mass is 305 g/mol. The zero-order chi connectivity index (χ0) is 15.7. The predicted octanol–water partition coefficient (Wildman–Crippen LogP) is 4.90. The highest BCUT2D eigenvalue weighted by Gasteiger charge is 2.53. The Kier molecular flexibility index (Phi) is 4.97. The third-order valence-electron chi connectivity index (χ3n) is 7.93. The third-order valence-corrected chi connectivity index (χ3v) is 7.93. The molecule has 0 radical (unpaired) electrons. The molecule has 3 fully saturated rings. The highest BCUT2D eigenvalue weighted by Crippen LogP contribution is 2.61. The van der Waals surface area contributed by atoms with Gasteiger partial charge in [0.25, 0.3) is 0 Å². The predicted molar refractivity (Wildman–Crippen MR) is 92.1 cm³/mol. The third kappa shape index (κ3) is 2.77. The first kappa shape index (κ1) is 16.5. The van der Waals surface area contributed by atoms with Crippen molar-refractivity contribution in [3.8, 4) is 0 Å². The van der Waals surface area contributed by atoms with Gasteiger partial charge < -0.3 is 10.5 Å². The summed E-state index contributed by atoms with van der Waals surface area (Å²) in [6.07, 6.45) is 13.5. The lowest BCUT2D eigenvalue weighted by atomic mass is 9.46. The second-order valence-electron chi connectivity index (χ2n) is 8.84. The lowest BCUT2D eigenvalue weighted by molar-refractivity contribution is -0.0934. The van der Waals surface area contributed by atoms with Crippen molar-refractivity contribution in [3.63, 3.8) is 0 Å². The summed E-state index contributed by atoms with van der Waals surface area (Å²) in [7, 11) is 0. The van der Waals surface area contributed by atoms with Gasteiger partial charge in [0.2, 0.25) is 0 Å². The molecule has 3 saturated carbocycles. The molecule has 22 heavy (non-hydrogen) atoms. The minimum atomic E-state index is 0.363. The van der Waals surface area contributed by atoms with E-state index in [9.17, 15) is 5.11 Å². The smallest absolute Gasteiger partial charge is 0.0431 e. The van der Waals surface area contributed by atoms with Gasteiger partial charge in [-0.3, -0.25) is 0 Å². The summed E-state index contributed by atoms with van der Waals surface area (Å²) in [5, 5.41) is 16.9. The fraction of sp³-hybridized carbons (Fsp3) is 0.950. The van der Waals surface area contributed by atoms with Gasteiger partial charge in [-0.25, -0.2) is 0 Å². The van der Waals surface area contributed by atoms with Gasteiger partial charge in [-0.05, 0) is 98.5 Å². The molecule has 0 aliphatic heterocycles. The van der Waals surface area contributed by atoms with E-state index in [1.54, 1.807) is 6.21 Å². The lowest BCUT2D eigenvalue weighted by Gasteiger charge is -2.59. The number of aliphatic hydroxyl groups excluding tert-OH is 1. The number of rotatable bonds is 4. The van der Waals surface area contributed by atoms with Crippen LogP contribution in [0.4, 0.5) is 0 Å². The molecule has 0 bridgehead atoms. The van der Waals surface area contributed by atoms with E-state index >= 15 is 0 Å². The van der Waals surface area contributed by atoms with E-state index in [1.807, 2.05) is 0 Å². The molecule has 4 unspecified atom stereocenters. The normalized spacial score (nSPS) is 48.3. The van der Waals surface area contributed by atoms with Crippen LogP contribution in [0.3, 0.4) is 0 Å². The molecule has 126 valence electrons. The Bertz CT molecular complexity index is 395. The summed E-state index contributed by atoms with van der Waals surface area (Å²) in [6.45, 7) is 5.41. The van der Waals surface area contributed by atoms with Crippen LogP contribution in [0.1, 0.15) is 71.6 Å². The number of hydrogen-bond acceptors (Lipinski definition) is 2. The van der Waals surface area contributed by atoms with E-state index < -0.39 is 0 Å². The van der Waals surface area contributed by atoms with Crippen LogP contribution in [-0.4, -0.2) is 17.9 Å².